The zero-order chi connectivity index (χ0) is 22.0. The van der Waals surface area contributed by atoms with E-state index in [1.54, 1.807) is 0 Å². The van der Waals surface area contributed by atoms with E-state index < -0.39 is 48.3 Å². The van der Waals surface area contributed by atoms with E-state index in [1.807, 2.05) is 6.26 Å². The Labute approximate surface area is 172 Å². The van der Waals surface area contributed by atoms with Crippen LogP contribution in [0.5, 0.6) is 0 Å². The SMILES string of the molecule is CSCCC(NC(=O)C1CCCN1)C(=O)NC(C)C(=O)NC(CC(=O)O)C(=O)O. The molecule has 0 aliphatic carbocycles. The van der Waals surface area contributed by atoms with Crippen LogP contribution in [0.3, 0.4) is 0 Å². The van der Waals surface area contributed by atoms with Crippen molar-refractivity contribution in [1.29, 1.82) is 0 Å². The molecule has 0 bridgehead atoms. The molecule has 0 spiro atoms. The molecule has 1 fully saturated rings. The van der Waals surface area contributed by atoms with E-state index in [4.69, 9.17) is 10.2 Å². The Morgan fingerprint density at radius 1 is 1.07 bits per heavy atom. The van der Waals surface area contributed by atoms with Gasteiger partial charge in [0.15, 0.2) is 0 Å². The number of rotatable bonds is 12. The molecule has 0 aromatic heterocycles. The number of carboxylic acids is 2. The van der Waals surface area contributed by atoms with Crippen molar-refractivity contribution < 1.29 is 34.2 Å². The van der Waals surface area contributed by atoms with E-state index in [0.29, 0.717) is 18.6 Å². The Balaban J connectivity index is 2.67. The lowest BCUT2D eigenvalue weighted by Crippen LogP contribution is -2.56. The number of carbonyl (C=O) groups is 5. The molecule has 6 N–H and O–H groups in total. The number of aliphatic carboxylic acids is 2. The summed E-state index contributed by atoms with van der Waals surface area (Å²) in [4.78, 5) is 58.8. The molecule has 164 valence electrons. The van der Waals surface area contributed by atoms with Gasteiger partial charge in [0.25, 0.3) is 0 Å². The predicted molar refractivity (Wildman–Crippen MR) is 105 cm³/mol. The maximum absolute atomic E-state index is 12.6. The second-order valence-corrected chi connectivity index (χ2v) is 7.70. The summed E-state index contributed by atoms with van der Waals surface area (Å²) in [6.07, 6.45) is 2.98. The van der Waals surface area contributed by atoms with Crippen molar-refractivity contribution in [1.82, 2.24) is 21.3 Å². The van der Waals surface area contributed by atoms with Crippen LogP contribution in [-0.4, -0.2) is 82.6 Å². The highest BCUT2D eigenvalue weighted by molar-refractivity contribution is 7.98. The minimum Gasteiger partial charge on any atom is -0.481 e. The Bertz CT molecular complexity index is 625. The third-order valence-corrected chi connectivity index (χ3v) is 5.01. The summed E-state index contributed by atoms with van der Waals surface area (Å²) in [6.45, 7) is 2.08. The van der Waals surface area contributed by atoms with Gasteiger partial charge in [-0.1, -0.05) is 0 Å². The molecule has 0 aromatic carbocycles. The van der Waals surface area contributed by atoms with E-state index in [1.165, 1.54) is 18.7 Å². The van der Waals surface area contributed by atoms with Gasteiger partial charge in [-0.15, -0.1) is 0 Å². The average Bonchev–Trinajstić information content (AvgIpc) is 3.18. The number of carboxylic acid groups (broad SMARTS) is 2. The number of hydrogen-bond acceptors (Lipinski definition) is 7. The highest BCUT2D eigenvalue weighted by Crippen LogP contribution is 2.07. The second-order valence-electron chi connectivity index (χ2n) is 6.72. The van der Waals surface area contributed by atoms with Crippen LogP contribution in [0.15, 0.2) is 0 Å². The van der Waals surface area contributed by atoms with Crippen LogP contribution in [0, 0.1) is 0 Å². The monoisotopic (exact) mass is 432 g/mol. The van der Waals surface area contributed by atoms with Crippen LogP contribution in [-0.2, 0) is 24.0 Å². The largest absolute Gasteiger partial charge is 0.481 e. The zero-order valence-corrected chi connectivity index (χ0v) is 17.2. The van der Waals surface area contributed by atoms with Crippen LogP contribution in [0.2, 0.25) is 0 Å². The van der Waals surface area contributed by atoms with Crippen molar-refractivity contribution in [3.63, 3.8) is 0 Å². The van der Waals surface area contributed by atoms with Crippen molar-refractivity contribution in [3.05, 3.63) is 0 Å². The maximum atomic E-state index is 12.6. The van der Waals surface area contributed by atoms with Gasteiger partial charge >= 0.3 is 11.9 Å². The summed E-state index contributed by atoms with van der Waals surface area (Å²) in [6, 6.07) is -3.93. The van der Waals surface area contributed by atoms with Gasteiger partial charge in [-0.25, -0.2) is 4.79 Å². The topological polar surface area (TPSA) is 174 Å². The quantitative estimate of drug-likeness (QED) is 0.215. The van der Waals surface area contributed by atoms with Crippen LogP contribution in [0.25, 0.3) is 0 Å². The fourth-order valence-electron chi connectivity index (χ4n) is 2.74. The van der Waals surface area contributed by atoms with E-state index in [2.05, 4.69) is 21.3 Å². The second kappa shape index (κ2) is 12.3. The van der Waals surface area contributed by atoms with Gasteiger partial charge in [-0.2, -0.15) is 11.8 Å². The average molecular weight is 432 g/mol. The first-order chi connectivity index (χ1) is 13.6. The lowest BCUT2D eigenvalue weighted by Gasteiger charge is -2.23. The minimum absolute atomic E-state index is 0.284. The first-order valence-corrected chi connectivity index (χ1v) is 10.6. The van der Waals surface area contributed by atoms with Crippen LogP contribution in [0.4, 0.5) is 0 Å². The minimum atomic E-state index is -1.61. The van der Waals surface area contributed by atoms with Crippen molar-refractivity contribution in [2.45, 2.75) is 56.8 Å². The summed E-state index contributed by atoms with van der Waals surface area (Å²) in [5, 5.41) is 28.0. The summed E-state index contributed by atoms with van der Waals surface area (Å²) in [5.41, 5.74) is 0. The standard InChI is InChI=1S/C17H28N4O7S/c1-9(14(24)21-12(17(27)28)8-13(22)23)19-16(26)11(5-7-29-2)20-15(25)10-4-3-6-18-10/h9-12,18H,3-8H2,1-2H3,(H,19,26)(H,20,25)(H,21,24)(H,22,23)(H,27,28). The molecular weight excluding hydrogens is 404 g/mol. The Morgan fingerprint density at radius 3 is 2.28 bits per heavy atom. The van der Waals surface area contributed by atoms with E-state index in [-0.39, 0.29) is 11.9 Å². The molecule has 11 nitrogen and oxygen atoms in total. The van der Waals surface area contributed by atoms with Gasteiger partial charge in [-0.05, 0) is 44.7 Å². The van der Waals surface area contributed by atoms with Crippen molar-refractivity contribution in [3.8, 4) is 0 Å². The van der Waals surface area contributed by atoms with Gasteiger partial charge in [0.1, 0.15) is 18.1 Å². The third kappa shape index (κ3) is 8.69. The molecule has 4 unspecified atom stereocenters. The fraction of sp³-hybridized carbons (Fsp3) is 0.706. The number of thioether (sulfide) groups is 1. The molecule has 0 aromatic rings. The predicted octanol–water partition coefficient (Wildman–Crippen LogP) is -1.47. The number of nitrogens with one attached hydrogen (secondary N) is 4. The number of amides is 3. The normalized spacial score (nSPS) is 18.9. The molecule has 4 atom stereocenters. The first-order valence-electron chi connectivity index (χ1n) is 9.23. The Morgan fingerprint density at radius 2 is 1.76 bits per heavy atom. The van der Waals surface area contributed by atoms with Crippen LogP contribution < -0.4 is 21.3 Å². The molecule has 0 radical (unpaired) electrons. The van der Waals surface area contributed by atoms with Crippen molar-refractivity contribution in [2.75, 3.05) is 18.6 Å². The maximum Gasteiger partial charge on any atom is 0.326 e. The molecule has 29 heavy (non-hydrogen) atoms. The van der Waals surface area contributed by atoms with Gasteiger partial charge < -0.3 is 31.5 Å². The van der Waals surface area contributed by atoms with Gasteiger partial charge in [0, 0.05) is 0 Å². The van der Waals surface area contributed by atoms with Gasteiger partial charge in [0.2, 0.25) is 17.7 Å². The van der Waals surface area contributed by atoms with Gasteiger partial charge in [0.05, 0.1) is 12.5 Å². The summed E-state index contributed by atoms with van der Waals surface area (Å²) in [5.74, 6) is -3.95. The summed E-state index contributed by atoms with van der Waals surface area (Å²) < 4.78 is 0. The Hall–Kier alpha value is -2.34. The highest BCUT2D eigenvalue weighted by atomic mass is 32.2. The molecule has 3 amide bonds. The lowest BCUT2D eigenvalue weighted by molar-refractivity contribution is -0.147. The molecule has 1 aliphatic rings. The van der Waals surface area contributed by atoms with E-state index in [0.717, 1.165) is 13.0 Å². The molecule has 1 heterocycles. The molecule has 1 aliphatic heterocycles. The van der Waals surface area contributed by atoms with Crippen LogP contribution in [0.1, 0.15) is 32.6 Å². The molecule has 1 rings (SSSR count). The highest BCUT2D eigenvalue weighted by Gasteiger charge is 2.30. The van der Waals surface area contributed by atoms with Crippen LogP contribution >= 0.6 is 11.8 Å². The fourth-order valence-corrected chi connectivity index (χ4v) is 3.21. The van der Waals surface area contributed by atoms with Gasteiger partial charge in [-0.3, -0.25) is 19.2 Å². The molecule has 12 heteroatoms. The number of hydrogen-bond donors (Lipinski definition) is 6. The number of carbonyl (C=O) groups excluding carboxylic acids is 3. The summed E-state index contributed by atoms with van der Waals surface area (Å²) >= 11 is 1.50. The molecular formula is C17H28N4O7S. The zero-order valence-electron chi connectivity index (χ0n) is 16.4. The Kier molecular flexibility index (Phi) is 10.5. The lowest BCUT2D eigenvalue weighted by atomic mass is 10.1. The first kappa shape index (κ1) is 24.7. The summed E-state index contributed by atoms with van der Waals surface area (Å²) in [7, 11) is 0. The van der Waals surface area contributed by atoms with E-state index in [9.17, 15) is 24.0 Å². The van der Waals surface area contributed by atoms with Crippen molar-refractivity contribution >= 4 is 41.4 Å². The smallest absolute Gasteiger partial charge is 0.326 e. The molecule has 1 saturated heterocycles. The third-order valence-electron chi connectivity index (χ3n) is 4.37. The van der Waals surface area contributed by atoms with E-state index >= 15 is 0 Å². The van der Waals surface area contributed by atoms with Crippen molar-refractivity contribution in [2.24, 2.45) is 0 Å². The molecule has 0 saturated carbocycles.